The van der Waals surface area contributed by atoms with Gasteiger partial charge in [-0.1, -0.05) is 19.3 Å². The molecule has 1 saturated heterocycles. The molecule has 1 heterocycles. The molecule has 0 N–H and O–H groups in total. The van der Waals surface area contributed by atoms with E-state index in [1.54, 1.807) is 7.11 Å². The van der Waals surface area contributed by atoms with Gasteiger partial charge in [-0.15, -0.1) is 0 Å². The molecule has 1 aliphatic carbocycles. The molecular formula is C21H28N2O3S. The third-order valence-electron chi connectivity index (χ3n) is 5.38. The molecule has 1 aromatic rings. The third-order valence-corrected chi connectivity index (χ3v) is 5.85. The smallest absolute Gasteiger partial charge is 0.277 e. The highest BCUT2D eigenvalue weighted by Crippen LogP contribution is 2.34. The van der Waals surface area contributed by atoms with Crippen molar-refractivity contribution in [3.8, 4) is 11.5 Å². The van der Waals surface area contributed by atoms with Crippen molar-refractivity contribution in [3.63, 3.8) is 0 Å². The predicted octanol–water partition coefficient (Wildman–Crippen LogP) is 4.13. The molecule has 1 amide bonds. The van der Waals surface area contributed by atoms with Crippen molar-refractivity contribution >= 4 is 29.3 Å². The van der Waals surface area contributed by atoms with Gasteiger partial charge in [-0.25, -0.2) is 0 Å². The van der Waals surface area contributed by atoms with Crippen LogP contribution >= 0.6 is 12.2 Å². The van der Waals surface area contributed by atoms with Gasteiger partial charge in [0.15, 0.2) is 16.6 Å². The third kappa shape index (κ3) is 3.81. The summed E-state index contributed by atoms with van der Waals surface area (Å²) in [5, 5.41) is 0.606. The molecule has 5 nitrogen and oxygen atoms in total. The summed E-state index contributed by atoms with van der Waals surface area (Å²) in [7, 11) is 3.50. The van der Waals surface area contributed by atoms with Crippen LogP contribution in [0.1, 0.15) is 50.2 Å². The molecule has 146 valence electrons. The number of carbonyl (C=O) groups is 1. The normalized spacial score (nSPS) is 19.9. The van der Waals surface area contributed by atoms with Crippen molar-refractivity contribution in [2.24, 2.45) is 0 Å². The van der Waals surface area contributed by atoms with Crippen LogP contribution in [0.15, 0.2) is 17.8 Å². The van der Waals surface area contributed by atoms with Crippen molar-refractivity contribution in [2.45, 2.75) is 52.0 Å². The van der Waals surface area contributed by atoms with Gasteiger partial charge in [-0.3, -0.25) is 9.69 Å². The van der Waals surface area contributed by atoms with Crippen molar-refractivity contribution in [1.29, 1.82) is 0 Å². The molecule has 0 aromatic heterocycles. The summed E-state index contributed by atoms with van der Waals surface area (Å²) in [5.41, 5.74) is 2.56. The number of thiocarbonyl (C=S) groups is 1. The lowest BCUT2D eigenvalue weighted by Crippen LogP contribution is -2.41. The summed E-state index contributed by atoms with van der Waals surface area (Å²) in [6.45, 7) is 4.49. The number of likely N-dealkylation sites (N-methyl/N-ethyl adjacent to an activating group) is 1. The number of hydrogen-bond donors (Lipinski definition) is 0. The van der Waals surface area contributed by atoms with E-state index in [1.165, 1.54) is 6.42 Å². The van der Waals surface area contributed by atoms with Crippen LogP contribution in [0.5, 0.6) is 11.5 Å². The number of methoxy groups -OCH3 is 1. The SMILES string of the molecule is CCOc1cc(/C=C2/C(=O)N(C3CCCCC3)C(=S)N2C)c(C)cc1OC. The Hall–Kier alpha value is -2.08. The van der Waals surface area contributed by atoms with E-state index >= 15 is 0 Å². The number of benzene rings is 1. The minimum atomic E-state index is 0.00239. The molecule has 6 heteroatoms. The first-order valence-electron chi connectivity index (χ1n) is 9.62. The monoisotopic (exact) mass is 388 g/mol. The fourth-order valence-corrected chi connectivity index (χ4v) is 4.18. The zero-order chi connectivity index (χ0) is 19.6. The van der Waals surface area contributed by atoms with Gasteiger partial charge in [0, 0.05) is 13.1 Å². The van der Waals surface area contributed by atoms with Gasteiger partial charge in [0.1, 0.15) is 5.70 Å². The highest BCUT2D eigenvalue weighted by atomic mass is 32.1. The predicted molar refractivity (Wildman–Crippen MR) is 111 cm³/mol. The van der Waals surface area contributed by atoms with E-state index in [2.05, 4.69) is 0 Å². The second-order valence-corrected chi connectivity index (χ2v) is 7.50. The number of aryl methyl sites for hydroxylation is 1. The summed E-state index contributed by atoms with van der Waals surface area (Å²) in [6.07, 6.45) is 7.54. The van der Waals surface area contributed by atoms with Crippen LogP contribution in [-0.4, -0.2) is 47.6 Å². The number of carbonyl (C=O) groups excluding carboxylic acids is 1. The summed E-state index contributed by atoms with van der Waals surface area (Å²) < 4.78 is 11.1. The Labute approximate surface area is 166 Å². The van der Waals surface area contributed by atoms with Crippen molar-refractivity contribution < 1.29 is 14.3 Å². The molecule has 0 atom stereocenters. The molecule has 0 radical (unpaired) electrons. The molecule has 3 rings (SSSR count). The zero-order valence-corrected chi connectivity index (χ0v) is 17.4. The molecule has 1 saturated carbocycles. The van der Waals surface area contributed by atoms with E-state index < -0.39 is 0 Å². The van der Waals surface area contributed by atoms with Crippen LogP contribution in [0.25, 0.3) is 6.08 Å². The summed E-state index contributed by atoms with van der Waals surface area (Å²) >= 11 is 5.60. The molecule has 27 heavy (non-hydrogen) atoms. The lowest BCUT2D eigenvalue weighted by molar-refractivity contribution is -0.124. The number of hydrogen-bond acceptors (Lipinski definition) is 4. The van der Waals surface area contributed by atoms with Gasteiger partial charge in [0.05, 0.1) is 13.7 Å². The Balaban J connectivity index is 1.95. The van der Waals surface area contributed by atoms with E-state index in [1.807, 2.05) is 48.9 Å². The van der Waals surface area contributed by atoms with Crippen LogP contribution in [0.4, 0.5) is 0 Å². The Kier molecular flexibility index (Phi) is 6.05. The Morgan fingerprint density at radius 1 is 1.22 bits per heavy atom. The van der Waals surface area contributed by atoms with Gasteiger partial charge < -0.3 is 14.4 Å². The van der Waals surface area contributed by atoms with Gasteiger partial charge in [0.2, 0.25) is 0 Å². The maximum atomic E-state index is 13.1. The van der Waals surface area contributed by atoms with Crippen LogP contribution in [0, 0.1) is 6.92 Å². The molecular weight excluding hydrogens is 360 g/mol. The first-order chi connectivity index (χ1) is 13.0. The minimum absolute atomic E-state index is 0.00239. The van der Waals surface area contributed by atoms with Crippen LogP contribution in [0.3, 0.4) is 0 Å². The average molecular weight is 389 g/mol. The van der Waals surface area contributed by atoms with Crippen molar-refractivity contribution in [3.05, 3.63) is 29.0 Å². The number of rotatable bonds is 5. The average Bonchev–Trinajstić information content (AvgIpc) is 2.88. The molecule has 1 aliphatic heterocycles. The van der Waals surface area contributed by atoms with E-state index in [-0.39, 0.29) is 11.9 Å². The second-order valence-electron chi connectivity index (χ2n) is 7.13. The molecule has 0 unspecified atom stereocenters. The van der Waals surface area contributed by atoms with E-state index in [0.717, 1.165) is 36.8 Å². The van der Waals surface area contributed by atoms with E-state index in [4.69, 9.17) is 21.7 Å². The second kappa shape index (κ2) is 8.30. The maximum Gasteiger partial charge on any atom is 0.277 e. The Morgan fingerprint density at radius 3 is 2.56 bits per heavy atom. The quantitative estimate of drug-likeness (QED) is 0.560. The van der Waals surface area contributed by atoms with Gasteiger partial charge >= 0.3 is 0 Å². The molecule has 2 aliphatic rings. The first kappa shape index (κ1) is 19.7. The Bertz CT molecular complexity index is 769. The van der Waals surface area contributed by atoms with Gasteiger partial charge in [0.25, 0.3) is 5.91 Å². The molecule has 0 spiro atoms. The number of amides is 1. The maximum absolute atomic E-state index is 13.1. The standard InChI is InChI=1S/C21H28N2O3S/c1-5-26-19-13-15(14(2)11-18(19)25-4)12-17-20(24)23(21(27)22(17)3)16-9-7-6-8-10-16/h11-13,16H,5-10H2,1-4H3/b17-12-. The van der Waals surface area contributed by atoms with Gasteiger partial charge in [-0.05, 0) is 68.2 Å². The zero-order valence-electron chi connectivity index (χ0n) is 16.6. The van der Waals surface area contributed by atoms with E-state index in [0.29, 0.717) is 28.9 Å². The topological polar surface area (TPSA) is 42.0 Å². The molecule has 0 bridgehead atoms. The highest BCUT2D eigenvalue weighted by molar-refractivity contribution is 7.80. The van der Waals surface area contributed by atoms with Gasteiger partial charge in [-0.2, -0.15) is 0 Å². The Morgan fingerprint density at radius 2 is 1.93 bits per heavy atom. The highest BCUT2D eigenvalue weighted by Gasteiger charge is 2.40. The van der Waals surface area contributed by atoms with Crippen LogP contribution in [0.2, 0.25) is 0 Å². The fraction of sp³-hybridized carbons (Fsp3) is 0.524. The number of ether oxygens (including phenoxy) is 2. The summed E-state index contributed by atoms with van der Waals surface area (Å²) in [5.74, 6) is 1.38. The van der Waals surface area contributed by atoms with Crippen LogP contribution < -0.4 is 9.47 Å². The van der Waals surface area contributed by atoms with E-state index in [9.17, 15) is 4.79 Å². The van der Waals surface area contributed by atoms with Crippen molar-refractivity contribution in [1.82, 2.24) is 9.80 Å². The fourth-order valence-electron chi connectivity index (χ4n) is 3.85. The molecule has 2 fully saturated rings. The molecule has 1 aromatic carbocycles. The first-order valence-corrected chi connectivity index (χ1v) is 10.0. The largest absolute Gasteiger partial charge is 0.493 e. The number of nitrogens with zero attached hydrogens (tertiary/aromatic N) is 2. The summed E-state index contributed by atoms with van der Waals surface area (Å²) in [6, 6.07) is 4.09. The minimum Gasteiger partial charge on any atom is -0.493 e. The van der Waals surface area contributed by atoms with Crippen LogP contribution in [-0.2, 0) is 4.79 Å². The lowest BCUT2D eigenvalue weighted by atomic mass is 9.94. The van der Waals surface area contributed by atoms with Crippen molar-refractivity contribution in [2.75, 3.05) is 20.8 Å². The summed E-state index contributed by atoms with van der Waals surface area (Å²) in [4.78, 5) is 16.8. The lowest BCUT2D eigenvalue weighted by Gasteiger charge is -2.30.